The molecule has 3 fully saturated rings. The van der Waals surface area contributed by atoms with Gasteiger partial charge in [-0.15, -0.1) is 0 Å². The molecular formula is C27H46O3. The van der Waals surface area contributed by atoms with Crippen LogP contribution in [0.15, 0.2) is 11.6 Å². The van der Waals surface area contributed by atoms with Crippen LogP contribution in [-0.4, -0.2) is 33.1 Å². The minimum absolute atomic E-state index is 0.181. The summed E-state index contributed by atoms with van der Waals surface area (Å²) >= 11 is 0. The van der Waals surface area contributed by atoms with Gasteiger partial charge in [0.05, 0.1) is 17.8 Å². The minimum atomic E-state index is -0.556. The highest BCUT2D eigenvalue weighted by Gasteiger charge is 2.61. The van der Waals surface area contributed by atoms with Crippen molar-refractivity contribution < 1.29 is 15.3 Å². The maximum atomic E-state index is 11.3. The number of aliphatic hydroxyl groups excluding tert-OH is 2. The first-order chi connectivity index (χ1) is 14.0. The Morgan fingerprint density at radius 1 is 1.07 bits per heavy atom. The topological polar surface area (TPSA) is 60.7 Å². The number of hydrogen-bond acceptors (Lipinski definition) is 3. The van der Waals surface area contributed by atoms with Gasteiger partial charge in [0.15, 0.2) is 0 Å². The molecule has 8 unspecified atom stereocenters. The van der Waals surface area contributed by atoms with Gasteiger partial charge in [-0.2, -0.15) is 0 Å². The molecule has 3 saturated carbocycles. The Hall–Kier alpha value is -0.380. The number of rotatable bonds is 5. The van der Waals surface area contributed by atoms with E-state index in [1.54, 1.807) is 0 Å². The van der Waals surface area contributed by atoms with Crippen LogP contribution in [0.5, 0.6) is 0 Å². The quantitative estimate of drug-likeness (QED) is 0.519. The summed E-state index contributed by atoms with van der Waals surface area (Å²) in [6.45, 7) is 11.2. The molecule has 30 heavy (non-hydrogen) atoms. The fourth-order valence-electron chi connectivity index (χ4n) is 8.66. The van der Waals surface area contributed by atoms with Gasteiger partial charge >= 0.3 is 0 Å². The number of fused-ring (bicyclic) bond motifs is 5. The smallest absolute Gasteiger partial charge is 0.0757 e. The first kappa shape index (κ1) is 22.8. The third-order valence-corrected chi connectivity index (χ3v) is 10.3. The zero-order valence-electron chi connectivity index (χ0n) is 20.0. The molecule has 0 spiro atoms. The lowest BCUT2D eigenvalue weighted by molar-refractivity contribution is -0.0971. The van der Waals surface area contributed by atoms with Crippen molar-refractivity contribution in [3.8, 4) is 0 Å². The van der Waals surface area contributed by atoms with E-state index in [-0.39, 0.29) is 17.6 Å². The molecule has 172 valence electrons. The van der Waals surface area contributed by atoms with Gasteiger partial charge in [0, 0.05) is 0 Å². The largest absolute Gasteiger partial charge is 0.393 e. The average molecular weight is 419 g/mol. The highest BCUT2D eigenvalue weighted by Crippen LogP contribution is 2.67. The fraction of sp³-hybridized carbons (Fsp3) is 0.926. The van der Waals surface area contributed by atoms with E-state index < -0.39 is 5.60 Å². The second-order valence-corrected chi connectivity index (χ2v) is 12.7. The second kappa shape index (κ2) is 7.89. The van der Waals surface area contributed by atoms with Crippen LogP contribution in [0.3, 0.4) is 0 Å². The summed E-state index contributed by atoms with van der Waals surface area (Å²) in [5.41, 5.74) is 1.31. The molecule has 4 aliphatic rings. The molecule has 0 aliphatic heterocycles. The molecular weight excluding hydrogens is 372 g/mol. The van der Waals surface area contributed by atoms with E-state index in [0.29, 0.717) is 29.1 Å². The maximum Gasteiger partial charge on any atom is 0.0757 e. The van der Waals surface area contributed by atoms with Crippen LogP contribution < -0.4 is 0 Å². The molecule has 4 aliphatic carbocycles. The Kier molecular flexibility index (Phi) is 5.99. The van der Waals surface area contributed by atoms with E-state index in [1.807, 2.05) is 13.8 Å². The molecule has 0 saturated heterocycles. The monoisotopic (exact) mass is 418 g/mol. The number of hydrogen-bond donors (Lipinski definition) is 3. The Labute approximate surface area is 184 Å². The lowest BCUT2D eigenvalue weighted by atomic mass is 9.46. The van der Waals surface area contributed by atoms with E-state index >= 15 is 0 Å². The molecule has 9 atom stereocenters. The van der Waals surface area contributed by atoms with Crippen LogP contribution in [0.25, 0.3) is 0 Å². The van der Waals surface area contributed by atoms with Crippen LogP contribution in [0.4, 0.5) is 0 Å². The summed E-state index contributed by atoms with van der Waals surface area (Å²) in [7, 11) is 0. The van der Waals surface area contributed by atoms with Crippen molar-refractivity contribution in [2.45, 2.75) is 117 Å². The van der Waals surface area contributed by atoms with Crippen molar-refractivity contribution in [2.24, 2.45) is 40.4 Å². The van der Waals surface area contributed by atoms with E-state index in [9.17, 15) is 15.3 Å². The standard InChI is InChI=1S/C27H46O3/c1-17(7-6-12-25(2,3)30)20-8-9-21-24-22(11-14-27(20,21)5)26(4)13-10-19(28)15-18(26)16-23(24)29/h16-17,19-24,28-30H,6-15H2,1-5H3/t17?,19-,20?,21?,22?,23?,24?,26?,27?/m0/s1. The Balaban J connectivity index is 1.52. The zero-order valence-corrected chi connectivity index (χ0v) is 20.0. The van der Waals surface area contributed by atoms with Crippen molar-refractivity contribution in [1.82, 2.24) is 0 Å². The summed E-state index contributed by atoms with van der Waals surface area (Å²) in [6, 6.07) is 0. The van der Waals surface area contributed by atoms with E-state index in [1.165, 1.54) is 37.7 Å². The van der Waals surface area contributed by atoms with Crippen molar-refractivity contribution >= 4 is 0 Å². The summed E-state index contributed by atoms with van der Waals surface area (Å²) in [4.78, 5) is 0. The summed E-state index contributed by atoms with van der Waals surface area (Å²) < 4.78 is 0. The molecule has 0 aromatic rings. The lowest BCUT2D eigenvalue weighted by Gasteiger charge is -2.59. The summed E-state index contributed by atoms with van der Waals surface area (Å²) in [6.07, 6.45) is 12.6. The highest BCUT2D eigenvalue weighted by molar-refractivity contribution is 5.27. The van der Waals surface area contributed by atoms with Crippen LogP contribution in [0.2, 0.25) is 0 Å². The third-order valence-electron chi connectivity index (χ3n) is 10.3. The number of aliphatic hydroxyl groups is 3. The highest BCUT2D eigenvalue weighted by atomic mass is 16.3. The van der Waals surface area contributed by atoms with Gasteiger partial charge in [-0.3, -0.25) is 0 Å². The molecule has 4 rings (SSSR count). The van der Waals surface area contributed by atoms with E-state index in [4.69, 9.17) is 0 Å². The molecule has 0 aromatic heterocycles. The van der Waals surface area contributed by atoms with Gasteiger partial charge in [0.25, 0.3) is 0 Å². The molecule has 0 heterocycles. The fourth-order valence-corrected chi connectivity index (χ4v) is 8.66. The predicted molar refractivity (Wildman–Crippen MR) is 122 cm³/mol. The van der Waals surface area contributed by atoms with Crippen LogP contribution in [-0.2, 0) is 0 Å². The molecule has 3 N–H and O–H groups in total. The Morgan fingerprint density at radius 2 is 1.80 bits per heavy atom. The Morgan fingerprint density at radius 3 is 2.50 bits per heavy atom. The first-order valence-corrected chi connectivity index (χ1v) is 12.8. The van der Waals surface area contributed by atoms with Gasteiger partial charge in [0.1, 0.15) is 0 Å². The Bertz CT molecular complexity index is 664. The van der Waals surface area contributed by atoms with Gasteiger partial charge in [-0.25, -0.2) is 0 Å². The van der Waals surface area contributed by atoms with Crippen molar-refractivity contribution in [2.75, 3.05) is 0 Å². The van der Waals surface area contributed by atoms with Gasteiger partial charge in [0.2, 0.25) is 0 Å². The van der Waals surface area contributed by atoms with Crippen molar-refractivity contribution in [3.63, 3.8) is 0 Å². The summed E-state index contributed by atoms with van der Waals surface area (Å²) in [5.74, 6) is 3.01. The molecule has 0 aromatic carbocycles. The van der Waals surface area contributed by atoms with Gasteiger partial charge in [-0.1, -0.05) is 45.3 Å². The molecule has 0 amide bonds. The molecule has 0 bridgehead atoms. The predicted octanol–water partition coefficient (Wildman–Crippen LogP) is 5.47. The zero-order chi connectivity index (χ0) is 21.9. The van der Waals surface area contributed by atoms with Gasteiger partial charge < -0.3 is 15.3 Å². The maximum absolute atomic E-state index is 11.3. The second-order valence-electron chi connectivity index (χ2n) is 12.7. The van der Waals surface area contributed by atoms with Crippen LogP contribution in [0.1, 0.15) is 98.8 Å². The molecule has 3 heteroatoms. The molecule has 3 nitrogen and oxygen atoms in total. The molecule has 0 radical (unpaired) electrons. The average Bonchev–Trinajstić information content (AvgIpc) is 2.99. The van der Waals surface area contributed by atoms with Crippen molar-refractivity contribution in [3.05, 3.63) is 11.6 Å². The SMILES string of the molecule is CC(CCCC(C)(C)O)C1CCC2C3C(O)C=C4C[C@@H](O)CCC4(C)C3CCC12C. The normalized spacial score (nSPS) is 47.1. The van der Waals surface area contributed by atoms with Crippen LogP contribution >= 0.6 is 0 Å². The van der Waals surface area contributed by atoms with E-state index in [0.717, 1.165) is 38.0 Å². The third kappa shape index (κ3) is 3.82. The van der Waals surface area contributed by atoms with Gasteiger partial charge in [-0.05, 0) is 106 Å². The lowest BCUT2D eigenvalue weighted by Crippen LogP contribution is -2.54. The van der Waals surface area contributed by atoms with E-state index in [2.05, 4.69) is 26.8 Å². The van der Waals surface area contributed by atoms with Crippen molar-refractivity contribution in [1.29, 1.82) is 0 Å². The summed E-state index contributed by atoms with van der Waals surface area (Å²) in [5, 5.41) is 31.6. The minimum Gasteiger partial charge on any atom is -0.393 e. The van der Waals surface area contributed by atoms with Crippen LogP contribution in [0, 0.1) is 40.4 Å². The first-order valence-electron chi connectivity index (χ1n) is 12.8.